The lowest BCUT2D eigenvalue weighted by Crippen LogP contribution is -2.55. The van der Waals surface area contributed by atoms with E-state index in [2.05, 4.69) is 12.2 Å². The fraction of sp³-hybridized carbons (Fsp3) is 0.500. The van der Waals surface area contributed by atoms with Gasteiger partial charge < -0.3 is 11.1 Å². The van der Waals surface area contributed by atoms with Gasteiger partial charge in [-0.15, -0.1) is 11.3 Å². The summed E-state index contributed by atoms with van der Waals surface area (Å²) >= 11 is 12.3. The van der Waals surface area contributed by atoms with E-state index in [1.54, 1.807) is 0 Å². The highest BCUT2D eigenvalue weighted by Crippen LogP contribution is 2.46. The third kappa shape index (κ3) is 2.53. The van der Waals surface area contributed by atoms with Crippen LogP contribution in [0.2, 0.25) is 4.34 Å². The third-order valence-corrected chi connectivity index (χ3v) is 4.97. The van der Waals surface area contributed by atoms with E-state index in [1.807, 2.05) is 12.1 Å². The van der Waals surface area contributed by atoms with Gasteiger partial charge in [0.1, 0.15) is 0 Å². The molecule has 1 aromatic rings. The second-order valence-electron chi connectivity index (χ2n) is 4.85. The fourth-order valence-corrected chi connectivity index (χ4v) is 3.70. The molecule has 0 aromatic carbocycles. The van der Waals surface area contributed by atoms with Crippen LogP contribution in [0.15, 0.2) is 12.1 Å². The zero-order valence-corrected chi connectivity index (χ0v) is 12.4. The van der Waals surface area contributed by atoms with E-state index in [4.69, 9.17) is 29.6 Å². The number of hydrogen-bond donors (Lipinski definition) is 2. The number of halogens is 1. The van der Waals surface area contributed by atoms with E-state index in [0.29, 0.717) is 17.5 Å². The maximum absolute atomic E-state index is 12.2. The Morgan fingerprint density at radius 2 is 2.33 bits per heavy atom. The summed E-state index contributed by atoms with van der Waals surface area (Å²) in [4.78, 5) is 13.5. The summed E-state index contributed by atoms with van der Waals surface area (Å²) in [7, 11) is 0. The molecule has 1 saturated carbocycles. The van der Waals surface area contributed by atoms with Crippen molar-refractivity contribution in [3.8, 4) is 0 Å². The number of nitrogens with one attached hydrogen (secondary N) is 1. The van der Waals surface area contributed by atoms with Crippen LogP contribution in [0.5, 0.6) is 0 Å². The van der Waals surface area contributed by atoms with Crippen LogP contribution in [-0.2, 0) is 11.3 Å². The van der Waals surface area contributed by atoms with Crippen molar-refractivity contribution in [1.82, 2.24) is 5.32 Å². The minimum absolute atomic E-state index is 0.0578. The second kappa shape index (κ2) is 5.15. The molecule has 2 rings (SSSR count). The van der Waals surface area contributed by atoms with Crippen LogP contribution in [0.1, 0.15) is 24.6 Å². The highest BCUT2D eigenvalue weighted by Gasteiger charge is 2.50. The molecular formula is C12H15ClN2OS2. The van der Waals surface area contributed by atoms with Crippen LogP contribution in [-0.4, -0.2) is 10.9 Å². The van der Waals surface area contributed by atoms with E-state index in [9.17, 15) is 4.79 Å². The summed E-state index contributed by atoms with van der Waals surface area (Å²) < 4.78 is 0.723. The van der Waals surface area contributed by atoms with Crippen molar-refractivity contribution < 1.29 is 4.79 Å². The molecule has 3 N–H and O–H groups in total. The lowest BCUT2D eigenvalue weighted by atomic mass is 9.62. The zero-order valence-electron chi connectivity index (χ0n) is 10.0. The number of thiocarbonyl (C=S) groups is 1. The van der Waals surface area contributed by atoms with E-state index in [1.165, 1.54) is 11.3 Å². The molecule has 98 valence electrons. The normalized spacial score (nSPS) is 26.4. The van der Waals surface area contributed by atoms with Crippen molar-refractivity contribution >= 4 is 46.1 Å². The number of rotatable bonds is 4. The Kier molecular flexibility index (Phi) is 3.94. The third-order valence-electron chi connectivity index (χ3n) is 3.35. The Balaban J connectivity index is 1.97. The summed E-state index contributed by atoms with van der Waals surface area (Å²) in [5, 5.41) is 2.90. The maximum atomic E-state index is 12.2. The SMILES string of the molecule is CC1CC(C(=O)NCc2ccc(Cl)s2)(C(N)=S)C1. The molecule has 18 heavy (non-hydrogen) atoms. The largest absolute Gasteiger partial charge is 0.392 e. The molecule has 1 aliphatic rings. The summed E-state index contributed by atoms with van der Waals surface area (Å²) in [6.45, 7) is 2.58. The van der Waals surface area contributed by atoms with Crippen LogP contribution in [0, 0.1) is 11.3 Å². The fourth-order valence-electron chi connectivity index (χ4n) is 2.41. The monoisotopic (exact) mass is 302 g/mol. The lowest BCUT2D eigenvalue weighted by Gasteiger charge is -2.44. The first-order chi connectivity index (χ1) is 8.44. The molecule has 1 amide bonds. The number of thiophene rings is 1. The van der Waals surface area contributed by atoms with E-state index < -0.39 is 5.41 Å². The van der Waals surface area contributed by atoms with E-state index in [0.717, 1.165) is 22.1 Å². The molecule has 3 nitrogen and oxygen atoms in total. The Bertz CT molecular complexity index is 480. The van der Waals surface area contributed by atoms with Crippen molar-refractivity contribution in [2.24, 2.45) is 17.1 Å². The smallest absolute Gasteiger partial charge is 0.233 e. The molecular weight excluding hydrogens is 288 g/mol. The van der Waals surface area contributed by atoms with Gasteiger partial charge in [0, 0.05) is 4.88 Å². The van der Waals surface area contributed by atoms with Gasteiger partial charge in [-0.05, 0) is 30.9 Å². The van der Waals surface area contributed by atoms with Gasteiger partial charge in [0.05, 0.1) is 21.3 Å². The highest BCUT2D eigenvalue weighted by molar-refractivity contribution is 7.80. The molecule has 0 spiro atoms. The second-order valence-corrected chi connectivity index (χ2v) is 7.09. The first-order valence-corrected chi connectivity index (χ1v) is 7.37. The number of amides is 1. The first-order valence-electron chi connectivity index (χ1n) is 5.76. The van der Waals surface area contributed by atoms with Crippen LogP contribution < -0.4 is 11.1 Å². The number of hydrogen-bond acceptors (Lipinski definition) is 3. The van der Waals surface area contributed by atoms with Gasteiger partial charge in [-0.2, -0.15) is 0 Å². The highest BCUT2D eigenvalue weighted by atomic mass is 35.5. The predicted octanol–water partition coefficient (Wildman–Crippen LogP) is 2.72. The average molecular weight is 303 g/mol. The van der Waals surface area contributed by atoms with Gasteiger partial charge in [-0.1, -0.05) is 30.7 Å². The minimum Gasteiger partial charge on any atom is -0.392 e. The Morgan fingerprint density at radius 3 is 2.78 bits per heavy atom. The van der Waals surface area contributed by atoms with Crippen LogP contribution in [0.3, 0.4) is 0 Å². The minimum atomic E-state index is -0.629. The van der Waals surface area contributed by atoms with Crippen molar-refractivity contribution in [2.45, 2.75) is 26.3 Å². The molecule has 1 heterocycles. The van der Waals surface area contributed by atoms with Crippen molar-refractivity contribution in [3.05, 3.63) is 21.3 Å². The first kappa shape index (κ1) is 13.8. The molecule has 0 saturated heterocycles. The van der Waals surface area contributed by atoms with Crippen LogP contribution in [0.25, 0.3) is 0 Å². The zero-order chi connectivity index (χ0) is 13.3. The molecule has 1 fully saturated rings. The summed E-state index contributed by atoms with van der Waals surface area (Å²) in [5.74, 6) is 0.450. The molecule has 0 bridgehead atoms. The molecule has 0 radical (unpaired) electrons. The maximum Gasteiger partial charge on any atom is 0.233 e. The van der Waals surface area contributed by atoms with Gasteiger partial charge in [-0.3, -0.25) is 4.79 Å². The van der Waals surface area contributed by atoms with Crippen molar-refractivity contribution in [2.75, 3.05) is 0 Å². The van der Waals surface area contributed by atoms with Gasteiger partial charge in [0.2, 0.25) is 5.91 Å². The number of carbonyl (C=O) groups is 1. The Morgan fingerprint density at radius 1 is 1.67 bits per heavy atom. The molecule has 1 aliphatic carbocycles. The molecule has 0 unspecified atom stereocenters. The molecule has 0 atom stereocenters. The van der Waals surface area contributed by atoms with Crippen molar-refractivity contribution in [1.29, 1.82) is 0 Å². The van der Waals surface area contributed by atoms with Crippen LogP contribution >= 0.6 is 35.2 Å². The summed E-state index contributed by atoms with van der Waals surface area (Å²) in [6.07, 6.45) is 1.50. The number of nitrogens with two attached hydrogens (primary N) is 1. The van der Waals surface area contributed by atoms with Gasteiger partial charge >= 0.3 is 0 Å². The van der Waals surface area contributed by atoms with E-state index in [-0.39, 0.29) is 5.91 Å². The molecule has 0 aliphatic heterocycles. The quantitative estimate of drug-likeness (QED) is 0.841. The van der Waals surface area contributed by atoms with Gasteiger partial charge in [0.25, 0.3) is 0 Å². The molecule has 6 heteroatoms. The standard InChI is InChI=1S/C12H15ClN2OS2/c1-7-4-12(5-7,10(14)17)11(16)15-6-8-2-3-9(13)18-8/h2-3,7H,4-6H2,1H3,(H2,14,17)(H,15,16). The predicted molar refractivity (Wildman–Crippen MR) is 78.8 cm³/mol. The Hall–Kier alpha value is -0.650. The topological polar surface area (TPSA) is 55.1 Å². The van der Waals surface area contributed by atoms with E-state index >= 15 is 0 Å². The van der Waals surface area contributed by atoms with Gasteiger partial charge in [0.15, 0.2) is 0 Å². The van der Waals surface area contributed by atoms with Crippen molar-refractivity contribution in [3.63, 3.8) is 0 Å². The van der Waals surface area contributed by atoms with Gasteiger partial charge in [-0.25, -0.2) is 0 Å². The summed E-state index contributed by atoms with van der Waals surface area (Å²) in [5.41, 5.74) is 5.09. The average Bonchev–Trinajstić information content (AvgIpc) is 2.67. The van der Waals surface area contributed by atoms with Crippen LogP contribution in [0.4, 0.5) is 0 Å². The number of carbonyl (C=O) groups excluding carboxylic acids is 1. The lowest BCUT2D eigenvalue weighted by molar-refractivity contribution is -0.133. The summed E-state index contributed by atoms with van der Waals surface area (Å²) in [6, 6.07) is 3.73. The Labute approximate surface area is 121 Å². The molecule has 1 aromatic heterocycles.